The molecule has 1 atom stereocenters. The van der Waals surface area contributed by atoms with E-state index in [9.17, 15) is 0 Å². The highest BCUT2D eigenvalue weighted by Crippen LogP contribution is 2.37. The van der Waals surface area contributed by atoms with Gasteiger partial charge in [-0.05, 0) is 44.3 Å². The molecule has 0 aromatic carbocycles. The second-order valence-corrected chi connectivity index (χ2v) is 7.65. The van der Waals surface area contributed by atoms with Crippen LogP contribution in [0.25, 0.3) is 0 Å². The molecule has 0 bridgehead atoms. The molecule has 0 aliphatic heterocycles. The summed E-state index contributed by atoms with van der Waals surface area (Å²) in [5.41, 5.74) is 6.00. The van der Waals surface area contributed by atoms with Crippen molar-refractivity contribution < 1.29 is 9.47 Å². The van der Waals surface area contributed by atoms with E-state index in [1.807, 2.05) is 0 Å². The normalized spacial score (nSPS) is 13.1. The predicted molar refractivity (Wildman–Crippen MR) is 91.5 cm³/mol. The number of halogens is 2. The summed E-state index contributed by atoms with van der Waals surface area (Å²) < 4.78 is 12.5. The number of nitrogens with two attached hydrogens (primary N) is 1. The summed E-state index contributed by atoms with van der Waals surface area (Å²) in [7, 11) is 3.45. The number of rotatable bonds is 10. The molecule has 1 rings (SSSR count). The van der Waals surface area contributed by atoms with E-state index in [-0.39, 0.29) is 6.04 Å². The average molecular weight is 430 g/mol. The lowest BCUT2D eigenvalue weighted by molar-refractivity contribution is 0.109. The van der Waals surface area contributed by atoms with Crippen molar-refractivity contribution in [2.45, 2.75) is 12.5 Å². The van der Waals surface area contributed by atoms with Crippen LogP contribution in [0, 0.1) is 0 Å². The van der Waals surface area contributed by atoms with Gasteiger partial charge in [-0.1, -0.05) is 0 Å². The zero-order chi connectivity index (χ0) is 15.0. The Balaban J connectivity index is 2.77. The molecule has 0 fully saturated rings. The Morgan fingerprint density at radius 2 is 1.95 bits per heavy atom. The van der Waals surface area contributed by atoms with Gasteiger partial charge in [0.2, 0.25) is 0 Å². The van der Waals surface area contributed by atoms with Gasteiger partial charge in [0.15, 0.2) is 0 Å². The fourth-order valence-corrected chi connectivity index (χ4v) is 4.25. The first kappa shape index (κ1) is 18.5. The second-order valence-electron chi connectivity index (χ2n) is 4.40. The minimum atomic E-state index is 0.217. The smallest absolute Gasteiger partial charge is 0.0843 e. The van der Waals surface area contributed by atoms with Crippen molar-refractivity contribution in [2.24, 2.45) is 5.73 Å². The third-order valence-corrected chi connectivity index (χ3v) is 6.39. The van der Waals surface area contributed by atoms with Crippen LogP contribution < -0.4 is 5.73 Å². The summed E-state index contributed by atoms with van der Waals surface area (Å²) in [5, 5.41) is 0. The SMILES string of the molecule is COCCCN(CCOC)C(CN)c1cc(Br)c(Br)s1. The molecule has 4 nitrogen and oxygen atoms in total. The monoisotopic (exact) mass is 428 g/mol. The van der Waals surface area contributed by atoms with Crippen molar-refractivity contribution in [2.75, 3.05) is 47.1 Å². The topological polar surface area (TPSA) is 47.7 Å². The first-order valence-corrected chi connectivity index (χ1v) is 8.91. The fraction of sp³-hybridized carbons (Fsp3) is 0.692. The Morgan fingerprint density at radius 3 is 2.45 bits per heavy atom. The summed E-state index contributed by atoms with van der Waals surface area (Å²) in [6.45, 7) is 3.88. The van der Waals surface area contributed by atoms with Crippen LogP contribution in [0.2, 0.25) is 0 Å². The van der Waals surface area contributed by atoms with E-state index >= 15 is 0 Å². The van der Waals surface area contributed by atoms with Crippen LogP contribution in [-0.4, -0.2) is 52.0 Å². The van der Waals surface area contributed by atoms with Gasteiger partial charge < -0.3 is 15.2 Å². The number of thiophene rings is 1. The maximum absolute atomic E-state index is 6.00. The summed E-state index contributed by atoms with van der Waals surface area (Å²) >= 11 is 8.81. The predicted octanol–water partition coefficient (Wildman–Crippen LogP) is 3.26. The number of nitrogens with zero attached hydrogens (tertiary/aromatic N) is 1. The van der Waals surface area contributed by atoms with Gasteiger partial charge in [-0.2, -0.15) is 0 Å². The third kappa shape index (κ3) is 5.71. The molecule has 0 spiro atoms. The summed E-state index contributed by atoms with van der Waals surface area (Å²) in [6.07, 6.45) is 0.991. The molecule has 1 unspecified atom stereocenters. The van der Waals surface area contributed by atoms with Gasteiger partial charge in [-0.15, -0.1) is 11.3 Å². The molecule has 116 valence electrons. The van der Waals surface area contributed by atoms with Gasteiger partial charge in [0.25, 0.3) is 0 Å². The van der Waals surface area contributed by atoms with Crippen molar-refractivity contribution in [1.29, 1.82) is 0 Å². The molecule has 0 aliphatic rings. The molecule has 0 radical (unpaired) electrons. The minimum absolute atomic E-state index is 0.217. The van der Waals surface area contributed by atoms with E-state index < -0.39 is 0 Å². The van der Waals surface area contributed by atoms with E-state index in [1.165, 1.54) is 4.88 Å². The molecular formula is C13H22Br2N2O2S. The van der Waals surface area contributed by atoms with Gasteiger partial charge in [-0.3, -0.25) is 4.90 Å². The first-order chi connectivity index (χ1) is 9.63. The van der Waals surface area contributed by atoms with E-state index in [0.717, 1.165) is 34.4 Å². The molecule has 0 aliphatic carbocycles. The molecule has 20 heavy (non-hydrogen) atoms. The highest BCUT2D eigenvalue weighted by Gasteiger charge is 2.21. The summed E-state index contributed by atoms with van der Waals surface area (Å²) in [4.78, 5) is 3.63. The highest BCUT2D eigenvalue weighted by atomic mass is 79.9. The second kappa shape index (κ2) is 10.3. The maximum atomic E-state index is 6.00. The van der Waals surface area contributed by atoms with E-state index in [2.05, 4.69) is 42.8 Å². The number of hydrogen-bond acceptors (Lipinski definition) is 5. The molecule has 2 N–H and O–H groups in total. The van der Waals surface area contributed by atoms with Crippen molar-refractivity contribution in [3.8, 4) is 0 Å². The van der Waals surface area contributed by atoms with Crippen LogP contribution in [0.5, 0.6) is 0 Å². The van der Waals surface area contributed by atoms with Gasteiger partial charge >= 0.3 is 0 Å². The minimum Gasteiger partial charge on any atom is -0.385 e. The Bertz CT molecular complexity index is 371. The fourth-order valence-electron chi connectivity index (χ4n) is 2.02. The Morgan fingerprint density at radius 1 is 1.25 bits per heavy atom. The molecular weight excluding hydrogens is 408 g/mol. The van der Waals surface area contributed by atoms with Gasteiger partial charge in [0.05, 0.1) is 16.4 Å². The Hall–Kier alpha value is 0.500. The van der Waals surface area contributed by atoms with Crippen LogP contribution in [0.1, 0.15) is 17.3 Å². The van der Waals surface area contributed by atoms with Crippen LogP contribution in [0.15, 0.2) is 14.3 Å². The lowest BCUT2D eigenvalue weighted by atomic mass is 10.2. The molecule has 1 heterocycles. The largest absolute Gasteiger partial charge is 0.385 e. The van der Waals surface area contributed by atoms with Gasteiger partial charge in [0.1, 0.15) is 0 Å². The van der Waals surface area contributed by atoms with Gasteiger partial charge in [0, 0.05) is 49.8 Å². The lowest BCUT2D eigenvalue weighted by Crippen LogP contribution is -2.36. The molecule has 7 heteroatoms. The van der Waals surface area contributed by atoms with Crippen LogP contribution in [0.4, 0.5) is 0 Å². The van der Waals surface area contributed by atoms with E-state index in [1.54, 1.807) is 25.6 Å². The zero-order valence-electron chi connectivity index (χ0n) is 11.9. The summed E-state index contributed by atoms with van der Waals surface area (Å²) in [5.74, 6) is 0. The molecule has 0 saturated heterocycles. The lowest BCUT2D eigenvalue weighted by Gasteiger charge is -2.30. The summed E-state index contributed by atoms with van der Waals surface area (Å²) in [6, 6.07) is 2.36. The van der Waals surface area contributed by atoms with Crippen molar-refractivity contribution in [1.82, 2.24) is 4.90 Å². The molecule has 0 saturated carbocycles. The first-order valence-electron chi connectivity index (χ1n) is 6.50. The Kier molecular flexibility index (Phi) is 9.52. The number of ether oxygens (including phenoxy) is 2. The number of methoxy groups -OCH3 is 2. The van der Waals surface area contributed by atoms with Crippen LogP contribution >= 0.6 is 43.2 Å². The van der Waals surface area contributed by atoms with Gasteiger partial charge in [-0.25, -0.2) is 0 Å². The molecule has 0 amide bonds. The van der Waals surface area contributed by atoms with Crippen molar-refractivity contribution >= 4 is 43.2 Å². The number of hydrogen-bond donors (Lipinski definition) is 1. The third-order valence-electron chi connectivity index (χ3n) is 3.03. The van der Waals surface area contributed by atoms with Crippen LogP contribution in [-0.2, 0) is 9.47 Å². The Labute approximate surface area is 141 Å². The highest BCUT2D eigenvalue weighted by molar-refractivity contribution is 9.13. The van der Waals surface area contributed by atoms with E-state index in [0.29, 0.717) is 13.2 Å². The zero-order valence-corrected chi connectivity index (χ0v) is 15.9. The van der Waals surface area contributed by atoms with Crippen molar-refractivity contribution in [3.63, 3.8) is 0 Å². The quantitative estimate of drug-likeness (QED) is 0.580. The molecule has 1 aromatic heterocycles. The average Bonchev–Trinajstić information content (AvgIpc) is 2.76. The van der Waals surface area contributed by atoms with E-state index in [4.69, 9.17) is 15.2 Å². The molecule has 1 aromatic rings. The van der Waals surface area contributed by atoms with Crippen LogP contribution in [0.3, 0.4) is 0 Å². The maximum Gasteiger partial charge on any atom is 0.0843 e. The van der Waals surface area contributed by atoms with Crippen molar-refractivity contribution in [3.05, 3.63) is 19.2 Å². The standard InChI is InChI=1S/C13H22Br2N2O2S/c1-18-6-3-4-17(5-7-19-2)11(9-16)12-8-10(14)13(15)20-12/h8,11H,3-7,9,16H2,1-2H3.